The highest BCUT2D eigenvalue weighted by atomic mass is 35.5. The van der Waals surface area contributed by atoms with Crippen LogP contribution in [-0.4, -0.2) is 21.6 Å². The average molecular weight is 333 g/mol. The number of hydrogen-bond donors (Lipinski definition) is 2. The van der Waals surface area contributed by atoms with Crippen molar-refractivity contribution in [1.82, 2.24) is 9.97 Å². The molecule has 22 heavy (non-hydrogen) atoms. The summed E-state index contributed by atoms with van der Waals surface area (Å²) in [6, 6.07) is 15.6. The van der Waals surface area contributed by atoms with E-state index in [1.807, 2.05) is 55.5 Å². The average Bonchev–Trinajstić information content (AvgIpc) is 2.90. The topological polar surface area (TPSA) is 57.8 Å². The lowest BCUT2D eigenvalue weighted by Crippen LogP contribution is -3.00. The summed E-state index contributed by atoms with van der Waals surface area (Å²) in [6.07, 6.45) is 0. The van der Waals surface area contributed by atoms with Gasteiger partial charge in [0, 0.05) is 5.69 Å². The number of carbonyl (C=O) groups is 1. The van der Waals surface area contributed by atoms with E-state index in [0.717, 1.165) is 21.9 Å². The minimum absolute atomic E-state index is 0. The van der Waals surface area contributed by atoms with Crippen molar-refractivity contribution >= 4 is 34.4 Å². The Morgan fingerprint density at radius 1 is 1.18 bits per heavy atom. The maximum atomic E-state index is 11.9. The van der Waals surface area contributed by atoms with Crippen LogP contribution in [0.1, 0.15) is 5.56 Å². The van der Waals surface area contributed by atoms with Crippen molar-refractivity contribution in [2.75, 3.05) is 11.1 Å². The summed E-state index contributed by atoms with van der Waals surface area (Å²) in [6.45, 7) is 2.02. The lowest BCUT2D eigenvalue weighted by Gasteiger charge is -2.04. The van der Waals surface area contributed by atoms with Gasteiger partial charge in [-0.05, 0) is 31.2 Å². The highest BCUT2D eigenvalue weighted by Crippen LogP contribution is 2.19. The molecule has 4 nitrogen and oxygen atoms in total. The van der Waals surface area contributed by atoms with Crippen molar-refractivity contribution in [3.8, 4) is 0 Å². The predicted octanol–water partition coefficient (Wildman–Crippen LogP) is 0.606. The van der Waals surface area contributed by atoms with Crippen molar-refractivity contribution in [1.29, 1.82) is 0 Å². The van der Waals surface area contributed by atoms with Gasteiger partial charge in [-0.2, -0.15) is 0 Å². The highest BCUT2D eigenvalue weighted by molar-refractivity contribution is 7.99. The number of thioether (sulfide) groups is 1. The Bertz CT molecular complexity index is 737. The first kappa shape index (κ1) is 16.4. The molecular formula is C16H15ClN3OS-. The van der Waals surface area contributed by atoms with E-state index in [0.29, 0.717) is 5.75 Å². The largest absolute Gasteiger partial charge is 1.00 e. The SMILES string of the molecule is Cc1ccc(NC(=O)CSc2nc3ccccc3[nH]2)cc1.[Cl-]. The van der Waals surface area contributed by atoms with Crippen LogP contribution in [0, 0.1) is 6.92 Å². The van der Waals surface area contributed by atoms with Gasteiger partial charge in [-0.25, -0.2) is 4.98 Å². The molecule has 3 rings (SSSR count). The molecule has 6 heteroatoms. The van der Waals surface area contributed by atoms with E-state index in [4.69, 9.17) is 0 Å². The monoisotopic (exact) mass is 332 g/mol. The smallest absolute Gasteiger partial charge is 0.234 e. The van der Waals surface area contributed by atoms with Gasteiger partial charge in [-0.1, -0.05) is 41.6 Å². The number of benzene rings is 2. The Kier molecular flexibility index (Phi) is 5.46. The first-order valence-corrected chi connectivity index (χ1v) is 7.63. The van der Waals surface area contributed by atoms with Crippen molar-refractivity contribution in [2.24, 2.45) is 0 Å². The molecular weight excluding hydrogens is 318 g/mol. The fraction of sp³-hybridized carbons (Fsp3) is 0.125. The maximum Gasteiger partial charge on any atom is 0.234 e. The Hall–Kier alpha value is -1.98. The molecule has 0 saturated heterocycles. The molecule has 0 fully saturated rings. The Labute approximate surface area is 139 Å². The fourth-order valence-electron chi connectivity index (χ4n) is 1.97. The van der Waals surface area contributed by atoms with Gasteiger partial charge in [-0.3, -0.25) is 4.79 Å². The van der Waals surface area contributed by atoms with Gasteiger partial charge in [0.05, 0.1) is 16.8 Å². The molecule has 1 amide bonds. The number of anilines is 1. The number of amides is 1. The van der Waals surface area contributed by atoms with Gasteiger partial charge >= 0.3 is 0 Å². The summed E-state index contributed by atoms with van der Waals surface area (Å²) in [5, 5.41) is 3.63. The van der Waals surface area contributed by atoms with Crippen LogP contribution in [0.15, 0.2) is 53.7 Å². The third-order valence-corrected chi connectivity index (χ3v) is 3.92. The van der Waals surface area contributed by atoms with Crippen molar-refractivity contribution in [2.45, 2.75) is 12.1 Å². The van der Waals surface area contributed by atoms with Crippen LogP contribution in [-0.2, 0) is 4.79 Å². The van der Waals surface area contributed by atoms with Gasteiger partial charge in [0.2, 0.25) is 5.91 Å². The molecule has 0 spiro atoms. The van der Waals surface area contributed by atoms with E-state index in [9.17, 15) is 4.79 Å². The van der Waals surface area contributed by atoms with Gasteiger partial charge in [0.15, 0.2) is 5.16 Å². The summed E-state index contributed by atoms with van der Waals surface area (Å²) in [7, 11) is 0. The number of H-pyrrole nitrogens is 1. The van der Waals surface area contributed by atoms with Crippen LogP contribution in [0.3, 0.4) is 0 Å². The number of aromatic nitrogens is 2. The quantitative estimate of drug-likeness (QED) is 0.688. The molecule has 0 bridgehead atoms. The van der Waals surface area contributed by atoms with E-state index < -0.39 is 0 Å². The number of aromatic amines is 1. The lowest BCUT2D eigenvalue weighted by atomic mass is 10.2. The minimum Gasteiger partial charge on any atom is -1.00 e. The van der Waals surface area contributed by atoms with Gasteiger partial charge < -0.3 is 22.7 Å². The first-order valence-electron chi connectivity index (χ1n) is 6.65. The zero-order chi connectivity index (χ0) is 14.7. The highest BCUT2D eigenvalue weighted by Gasteiger charge is 2.07. The zero-order valence-electron chi connectivity index (χ0n) is 12.0. The molecule has 0 atom stereocenters. The number of rotatable bonds is 4. The van der Waals surface area contributed by atoms with Gasteiger partial charge in [0.1, 0.15) is 0 Å². The summed E-state index contributed by atoms with van der Waals surface area (Å²) in [5.74, 6) is 0.289. The number of carbonyl (C=O) groups excluding carboxylic acids is 1. The molecule has 1 aromatic heterocycles. The fourth-order valence-corrected chi connectivity index (χ4v) is 2.65. The molecule has 3 aromatic rings. The number of aryl methyl sites for hydroxylation is 1. The predicted molar refractivity (Wildman–Crippen MR) is 86.6 cm³/mol. The zero-order valence-corrected chi connectivity index (χ0v) is 13.5. The molecule has 0 aliphatic carbocycles. The molecule has 0 unspecified atom stereocenters. The molecule has 0 aliphatic rings. The second-order valence-electron chi connectivity index (χ2n) is 4.76. The summed E-state index contributed by atoms with van der Waals surface area (Å²) in [5.41, 5.74) is 3.89. The Morgan fingerprint density at radius 3 is 2.64 bits per heavy atom. The van der Waals surface area contributed by atoms with Crippen LogP contribution in [0.4, 0.5) is 5.69 Å². The minimum atomic E-state index is -0.0377. The number of hydrogen-bond acceptors (Lipinski definition) is 3. The van der Waals surface area contributed by atoms with Crippen molar-refractivity contribution in [3.63, 3.8) is 0 Å². The second-order valence-corrected chi connectivity index (χ2v) is 5.73. The third kappa shape index (κ3) is 4.02. The number of nitrogens with zero attached hydrogens (tertiary/aromatic N) is 1. The molecule has 0 saturated carbocycles. The van der Waals surface area contributed by atoms with Gasteiger partial charge in [-0.15, -0.1) is 0 Å². The van der Waals surface area contributed by atoms with Crippen LogP contribution in [0.25, 0.3) is 11.0 Å². The van der Waals surface area contributed by atoms with Crippen LogP contribution in [0.5, 0.6) is 0 Å². The Balaban J connectivity index is 0.00000176. The number of fused-ring (bicyclic) bond motifs is 1. The Morgan fingerprint density at radius 2 is 1.91 bits per heavy atom. The molecule has 0 aliphatic heterocycles. The van der Waals surface area contributed by atoms with Crippen LogP contribution < -0.4 is 17.7 Å². The molecule has 114 valence electrons. The molecule has 2 N–H and O–H groups in total. The summed E-state index contributed by atoms with van der Waals surface area (Å²) in [4.78, 5) is 19.5. The van der Waals surface area contributed by atoms with E-state index in [-0.39, 0.29) is 18.3 Å². The van der Waals surface area contributed by atoms with Gasteiger partial charge in [0.25, 0.3) is 0 Å². The van der Waals surface area contributed by atoms with Crippen LogP contribution in [0.2, 0.25) is 0 Å². The van der Waals surface area contributed by atoms with E-state index in [1.54, 1.807) is 0 Å². The normalized spacial score (nSPS) is 10.2. The second kappa shape index (κ2) is 7.33. The van der Waals surface area contributed by atoms with Crippen molar-refractivity contribution < 1.29 is 17.2 Å². The number of nitrogens with one attached hydrogen (secondary N) is 2. The number of halogens is 1. The third-order valence-electron chi connectivity index (χ3n) is 3.04. The van der Waals surface area contributed by atoms with Crippen LogP contribution >= 0.6 is 11.8 Å². The molecule has 1 heterocycles. The van der Waals surface area contributed by atoms with E-state index in [1.165, 1.54) is 17.3 Å². The lowest BCUT2D eigenvalue weighted by molar-refractivity contribution is -0.113. The van der Waals surface area contributed by atoms with Crippen molar-refractivity contribution in [3.05, 3.63) is 54.1 Å². The standard InChI is InChI=1S/C16H15N3OS.ClH/c1-11-6-8-12(9-7-11)17-15(20)10-21-16-18-13-4-2-3-5-14(13)19-16;/h2-9H,10H2,1H3,(H,17,20)(H,18,19);1H/p-1. The maximum absolute atomic E-state index is 11.9. The summed E-state index contributed by atoms with van der Waals surface area (Å²) >= 11 is 1.40. The molecule has 0 radical (unpaired) electrons. The molecule has 2 aromatic carbocycles. The number of imidazole rings is 1. The van der Waals surface area contributed by atoms with E-state index >= 15 is 0 Å². The number of para-hydroxylation sites is 2. The van der Waals surface area contributed by atoms with E-state index in [2.05, 4.69) is 15.3 Å². The summed E-state index contributed by atoms with van der Waals surface area (Å²) < 4.78 is 0. The first-order chi connectivity index (χ1) is 10.2.